The summed E-state index contributed by atoms with van der Waals surface area (Å²) in [6, 6.07) is 17.3. The van der Waals surface area contributed by atoms with Gasteiger partial charge in [-0.2, -0.15) is 0 Å². The molecule has 0 spiro atoms. The van der Waals surface area contributed by atoms with Crippen LogP contribution in [0.1, 0.15) is 12.8 Å². The number of oxazole rings is 1. The fourth-order valence-electron chi connectivity index (χ4n) is 2.78. The molecule has 0 aliphatic heterocycles. The lowest BCUT2D eigenvalue weighted by molar-refractivity contribution is 0.529. The van der Waals surface area contributed by atoms with E-state index >= 15 is 0 Å². The quantitative estimate of drug-likeness (QED) is 0.389. The number of fused-ring (bicyclic) bond motifs is 1. The summed E-state index contributed by atoms with van der Waals surface area (Å²) < 4.78 is 7.52. The Bertz CT molecular complexity index is 1100. The Kier molecular flexibility index (Phi) is 4.58. The molecule has 0 aliphatic carbocycles. The van der Waals surface area contributed by atoms with E-state index in [9.17, 15) is 4.79 Å². The van der Waals surface area contributed by atoms with Crippen LogP contribution in [-0.4, -0.2) is 14.5 Å². The number of thioether (sulfide) groups is 1. The van der Waals surface area contributed by atoms with E-state index in [-0.39, 0.29) is 5.56 Å². The summed E-state index contributed by atoms with van der Waals surface area (Å²) in [6.45, 7) is 2.51. The fraction of sp³-hybridized carbons (Fsp3) is 0.150. The molecule has 6 heteroatoms. The first-order valence-corrected chi connectivity index (χ1v) is 9.37. The minimum absolute atomic E-state index is 0.0158. The first kappa shape index (κ1) is 16.6. The van der Waals surface area contributed by atoms with Crippen LogP contribution in [-0.2, 0) is 12.3 Å². The number of para-hydroxylation sites is 1. The molecule has 0 radical (unpaired) electrons. The van der Waals surface area contributed by atoms with Crippen LogP contribution in [0, 0.1) is 0 Å². The van der Waals surface area contributed by atoms with Crippen molar-refractivity contribution in [2.75, 3.05) is 0 Å². The van der Waals surface area contributed by atoms with Gasteiger partial charge in [0.2, 0.25) is 5.89 Å². The molecule has 0 unspecified atom stereocenters. The van der Waals surface area contributed by atoms with E-state index in [0.717, 1.165) is 11.3 Å². The third-order valence-electron chi connectivity index (χ3n) is 4.08. The van der Waals surface area contributed by atoms with Gasteiger partial charge in [0.05, 0.1) is 22.9 Å². The van der Waals surface area contributed by atoms with Crippen LogP contribution < -0.4 is 5.56 Å². The van der Waals surface area contributed by atoms with Crippen molar-refractivity contribution in [2.45, 2.75) is 24.4 Å². The standard InChI is InChI=1S/C20H17N3O2S/c1-2-23-19(24)15-10-6-7-11-16(15)22-20(23)26-13-18-21-12-17(25-18)14-8-4-3-5-9-14/h3-12H,2,13H2,1H3. The van der Waals surface area contributed by atoms with Crippen LogP contribution in [0.2, 0.25) is 0 Å². The molecule has 0 amide bonds. The van der Waals surface area contributed by atoms with Crippen molar-refractivity contribution >= 4 is 22.7 Å². The molecule has 2 aromatic carbocycles. The maximum absolute atomic E-state index is 12.7. The van der Waals surface area contributed by atoms with Crippen LogP contribution in [0.25, 0.3) is 22.2 Å². The summed E-state index contributed by atoms with van der Waals surface area (Å²) in [5.41, 5.74) is 1.69. The number of nitrogens with zero attached hydrogens (tertiary/aromatic N) is 3. The molecule has 4 rings (SSSR count). The lowest BCUT2D eigenvalue weighted by atomic mass is 10.2. The molecular formula is C20H17N3O2S. The van der Waals surface area contributed by atoms with Crippen molar-refractivity contribution in [2.24, 2.45) is 0 Å². The largest absolute Gasteiger partial charge is 0.440 e. The van der Waals surface area contributed by atoms with Crippen molar-refractivity contribution in [1.29, 1.82) is 0 Å². The minimum Gasteiger partial charge on any atom is -0.440 e. The van der Waals surface area contributed by atoms with Gasteiger partial charge in [-0.25, -0.2) is 9.97 Å². The van der Waals surface area contributed by atoms with E-state index in [1.54, 1.807) is 10.8 Å². The molecule has 5 nitrogen and oxygen atoms in total. The Morgan fingerprint density at radius 3 is 2.65 bits per heavy atom. The molecule has 2 heterocycles. The van der Waals surface area contributed by atoms with Crippen molar-refractivity contribution in [1.82, 2.24) is 14.5 Å². The Morgan fingerprint density at radius 1 is 1.08 bits per heavy atom. The summed E-state index contributed by atoms with van der Waals surface area (Å²) in [5.74, 6) is 1.86. The molecule has 0 fully saturated rings. The van der Waals surface area contributed by atoms with Gasteiger partial charge >= 0.3 is 0 Å². The van der Waals surface area contributed by atoms with E-state index in [1.165, 1.54) is 11.8 Å². The first-order chi connectivity index (χ1) is 12.8. The molecule has 0 saturated carbocycles. The molecule has 4 aromatic rings. The minimum atomic E-state index is -0.0158. The number of aromatic nitrogens is 3. The van der Waals surface area contributed by atoms with E-state index < -0.39 is 0 Å². The predicted octanol–water partition coefficient (Wildman–Crippen LogP) is 4.36. The smallest absolute Gasteiger partial charge is 0.262 e. The summed E-state index contributed by atoms with van der Waals surface area (Å²) >= 11 is 1.46. The van der Waals surface area contributed by atoms with Crippen LogP contribution >= 0.6 is 11.8 Å². The maximum Gasteiger partial charge on any atom is 0.262 e. The SMILES string of the molecule is CCn1c(SCc2ncc(-c3ccccc3)o2)nc2ccccc2c1=O. The summed E-state index contributed by atoms with van der Waals surface area (Å²) in [7, 11) is 0. The van der Waals surface area contributed by atoms with Gasteiger partial charge < -0.3 is 4.42 Å². The van der Waals surface area contributed by atoms with Gasteiger partial charge in [0, 0.05) is 12.1 Å². The van der Waals surface area contributed by atoms with Crippen molar-refractivity contribution < 1.29 is 4.42 Å². The third-order valence-corrected chi connectivity index (χ3v) is 5.04. The van der Waals surface area contributed by atoms with Crippen molar-refractivity contribution in [3.05, 3.63) is 77.0 Å². The van der Waals surface area contributed by atoms with Gasteiger partial charge in [0.1, 0.15) is 0 Å². The highest BCUT2D eigenvalue weighted by molar-refractivity contribution is 7.98. The van der Waals surface area contributed by atoms with Gasteiger partial charge in [0.15, 0.2) is 10.9 Å². The van der Waals surface area contributed by atoms with E-state index in [0.29, 0.717) is 34.2 Å². The number of hydrogen-bond acceptors (Lipinski definition) is 5. The van der Waals surface area contributed by atoms with E-state index in [1.807, 2.05) is 61.5 Å². The van der Waals surface area contributed by atoms with Crippen LogP contribution in [0.4, 0.5) is 0 Å². The Balaban J connectivity index is 1.60. The lowest BCUT2D eigenvalue weighted by Crippen LogP contribution is -2.22. The Hall–Kier alpha value is -2.86. The summed E-state index contributed by atoms with van der Waals surface area (Å²) in [5, 5.41) is 1.32. The normalized spacial score (nSPS) is 11.1. The van der Waals surface area contributed by atoms with Gasteiger partial charge in [-0.15, -0.1) is 0 Å². The monoisotopic (exact) mass is 363 g/mol. The van der Waals surface area contributed by atoms with Crippen molar-refractivity contribution in [3.63, 3.8) is 0 Å². The lowest BCUT2D eigenvalue weighted by Gasteiger charge is -2.10. The predicted molar refractivity (Wildman–Crippen MR) is 103 cm³/mol. The molecule has 0 saturated heterocycles. The van der Waals surface area contributed by atoms with Crippen molar-refractivity contribution in [3.8, 4) is 11.3 Å². The fourth-order valence-corrected chi connectivity index (χ4v) is 3.69. The zero-order valence-corrected chi connectivity index (χ0v) is 15.1. The highest BCUT2D eigenvalue weighted by Crippen LogP contribution is 2.25. The van der Waals surface area contributed by atoms with Gasteiger partial charge in [0.25, 0.3) is 5.56 Å². The van der Waals surface area contributed by atoms with Crippen LogP contribution in [0.5, 0.6) is 0 Å². The van der Waals surface area contributed by atoms with E-state index in [2.05, 4.69) is 9.97 Å². The Morgan fingerprint density at radius 2 is 1.85 bits per heavy atom. The van der Waals surface area contributed by atoms with E-state index in [4.69, 9.17) is 4.42 Å². The second kappa shape index (κ2) is 7.17. The number of rotatable bonds is 5. The molecule has 0 atom stereocenters. The van der Waals surface area contributed by atoms with Crippen LogP contribution in [0.15, 0.2) is 75.2 Å². The molecule has 0 bridgehead atoms. The molecule has 26 heavy (non-hydrogen) atoms. The number of hydrogen-bond donors (Lipinski definition) is 0. The zero-order chi connectivity index (χ0) is 17.9. The van der Waals surface area contributed by atoms with Crippen LogP contribution in [0.3, 0.4) is 0 Å². The zero-order valence-electron chi connectivity index (χ0n) is 14.3. The molecule has 0 aliphatic rings. The van der Waals surface area contributed by atoms with Gasteiger partial charge in [-0.1, -0.05) is 54.2 Å². The van der Waals surface area contributed by atoms with Gasteiger partial charge in [-0.05, 0) is 19.1 Å². The molecule has 0 N–H and O–H groups in total. The average molecular weight is 363 g/mol. The highest BCUT2D eigenvalue weighted by Gasteiger charge is 2.12. The number of benzene rings is 2. The Labute approximate surface area is 154 Å². The average Bonchev–Trinajstić information content (AvgIpc) is 3.16. The highest BCUT2D eigenvalue weighted by atomic mass is 32.2. The molecule has 130 valence electrons. The molecule has 2 aromatic heterocycles. The first-order valence-electron chi connectivity index (χ1n) is 8.39. The topological polar surface area (TPSA) is 60.9 Å². The molecular weight excluding hydrogens is 346 g/mol. The van der Waals surface area contributed by atoms with Gasteiger partial charge in [-0.3, -0.25) is 9.36 Å². The second-order valence-electron chi connectivity index (χ2n) is 5.73. The second-order valence-corrected chi connectivity index (χ2v) is 6.68. The summed E-state index contributed by atoms with van der Waals surface area (Å²) in [6.07, 6.45) is 1.73. The summed E-state index contributed by atoms with van der Waals surface area (Å²) in [4.78, 5) is 21.6. The maximum atomic E-state index is 12.7. The third kappa shape index (κ3) is 3.15.